The summed E-state index contributed by atoms with van der Waals surface area (Å²) in [5, 5.41) is 0. The number of ether oxygens (including phenoxy) is 1. The fourth-order valence-electron chi connectivity index (χ4n) is 6.02. The lowest BCUT2D eigenvalue weighted by molar-refractivity contribution is -0.273. The van der Waals surface area contributed by atoms with E-state index in [1.54, 1.807) is 13.0 Å². The number of allylic oxidation sites excluding steroid dienone is 3. The second-order valence-corrected chi connectivity index (χ2v) is 10.7. The third-order valence-electron chi connectivity index (χ3n) is 8.32. The van der Waals surface area contributed by atoms with Gasteiger partial charge in [0, 0.05) is 0 Å². The van der Waals surface area contributed by atoms with Crippen molar-refractivity contribution in [2.75, 3.05) is 0 Å². The van der Waals surface area contributed by atoms with E-state index in [4.69, 9.17) is 4.74 Å². The second-order valence-electron chi connectivity index (χ2n) is 10.7. The first-order valence-corrected chi connectivity index (χ1v) is 13.5. The van der Waals surface area contributed by atoms with E-state index < -0.39 is 23.6 Å². The molecule has 2 aromatic rings. The number of benzene rings is 2. The molecule has 2 saturated carbocycles. The maximum Gasteiger partial charge on any atom is 0.386 e. The van der Waals surface area contributed by atoms with Crippen LogP contribution in [0.25, 0.3) is 0 Å². The van der Waals surface area contributed by atoms with Gasteiger partial charge < -0.3 is 4.74 Å². The Morgan fingerprint density at radius 1 is 0.861 bits per heavy atom. The van der Waals surface area contributed by atoms with Crippen molar-refractivity contribution in [1.29, 1.82) is 0 Å². The van der Waals surface area contributed by atoms with Crippen molar-refractivity contribution in [2.45, 2.75) is 89.3 Å². The first kappa shape index (κ1) is 26.7. The van der Waals surface area contributed by atoms with Crippen LogP contribution in [0.15, 0.2) is 67.3 Å². The summed E-state index contributed by atoms with van der Waals surface area (Å²) in [6, 6.07) is 11.9. The van der Waals surface area contributed by atoms with Crippen LogP contribution < -0.4 is 0 Å². The number of halogens is 3. The first-order chi connectivity index (χ1) is 17.3. The number of hydrogen-bond donors (Lipinski definition) is 0. The summed E-state index contributed by atoms with van der Waals surface area (Å²) in [6.07, 6.45) is 10.3. The van der Waals surface area contributed by atoms with Crippen molar-refractivity contribution in [3.8, 4) is 0 Å². The summed E-state index contributed by atoms with van der Waals surface area (Å²) in [4.78, 5) is 0. The third kappa shape index (κ3) is 6.32. The first-order valence-electron chi connectivity index (χ1n) is 13.5. The molecular weight excluding hydrogens is 457 g/mol. The lowest BCUT2D eigenvalue weighted by Gasteiger charge is -2.28. The molecule has 0 amide bonds. The molecule has 0 aromatic heterocycles. The monoisotopic (exact) mass is 496 g/mol. The molecule has 2 aliphatic rings. The van der Waals surface area contributed by atoms with E-state index >= 15 is 8.78 Å². The number of alkyl halides is 2. The van der Waals surface area contributed by atoms with Gasteiger partial charge in [-0.25, -0.2) is 4.39 Å². The molecule has 2 aliphatic carbocycles. The molecule has 4 rings (SSSR count). The molecule has 194 valence electrons. The van der Waals surface area contributed by atoms with E-state index in [2.05, 4.69) is 18.7 Å². The highest BCUT2D eigenvalue weighted by Crippen LogP contribution is 2.41. The van der Waals surface area contributed by atoms with Crippen molar-refractivity contribution < 1.29 is 17.9 Å². The van der Waals surface area contributed by atoms with Gasteiger partial charge in [0.1, 0.15) is 5.82 Å². The third-order valence-corrected chi connectivity index (χ3v) is 8.32. The highest BCUT2D eigenvalue weighted by molar-refractivity contribution is 5.30. The fourth-order valence-corrected chi connectivity index (χ4v) is 6.02. The average Bonchev–Trinajstić information content (AvgIpc) is 2.89. The minimum Gasteiger partial charge on any atom is -0.309 e. The predicted molar refractivity (Wildman–Crippen MR) is 141 cm³/mol. The highest BCUT2D eigenvalue weighted by atomic mass is 19.3. The maximum absolute atomic E-state index is 15.0. The largest absolute Gasteiger partial charge is 0.386 e. The van der Waals surface area contributed by atoms with Crippen LogP contribution in [0.4, 0.5) is 13.2 Å². The summed E-state index contributed by atoms with van der Waals surface area (Å²) in [7, 11) is 0. The van der Waals surface area contributed by atoms with Crippen LogP contribution >= 0.6 is 0 Å². The van der Waals surface area contributed by atoms with Crippen LogP contribution in [0.2, 0.25) is 0 Å². The smallest absolute Gasteiger partial charge is 0.309 e. The van der Waals surface area contributed by atoms with Crippen molar-refractivity contribution in [2.24, 2.45) is 11.8 Å². The van der Waals surface area contributed by atoms with E-state index in [0.29, 0.717) is 23.3 Å². The molecule has 0 spiro atoms. The fraction of sp³-hybridized carbons (Fsp3) is 0.500. The average molecular weight is 497 g/mol. The molecule has 2 fully saturated rings. The van der Waals surface area contributed by atoms with Crippen LogP contribution in [-0.4, -0.2) is 0 Å². The normalized spacial score (nSPS) is 26.1. The van der Waals surface area contributed by atoms with Gasteiger partial charge in [0.25, 0.3) is 0 Å². The Balaban J connectivity index is 1.38. The molecule has 0 radical (unpaired) electrons. The van der Waals surface area contributed by atoms with Gasteiger partial charge >= 0.3 is 6.11 Å². The van der Waals surface area contributed by atoms with E-state index in [0.717, 1.165) is 56.9 Å². The predicted octanol–water partition coefficient (Wildman–Crippen LogP) is 9.96. The molecule has 1 nitrogen and oxygen atoms in total. The number of hydrogen-bond acceptors (Lipinski definition) is 1. The Hall–Kier alpha value is -2.33. The molecule has 0 heterocycles. The molecule has 2 aromatic carbocycles. The Labute approximate surface area is 214 Å². The lowest BCUT2D eigenvalue weighted by atomic mass is 9.78. The summed E-state index contributed by atoms with van der Waals surface area (Å²) >= 11 is 0. The molecule has 0 aliphatic heterocycles. The Morgan fingerprint density at radius 2 is 1.42 bits per heavy atom. The van der Waals surface area contributed by atoms with Crippen LogP contribution in [0.3, 0.4) is 0 Å². The number of rotatable bonds is 8. The van der Waals surface area contributed by atoms with Crippen molar-refractivity contribution in [3.05, 3.63) is 95.3 Å². The second kappa shape index (κ2) is 11.8. The Kier molecular flexibility index (Phi) is 8.77. The van der Waals surface area contributed by atoms with Crippen LogP contribution in [0.1, 0.15) is 105 Å². The van der Waals surface area contributed by atoms with Gasteiger partial charge in [-0.3, -0.25) is 0 Å². The molecule has 0 bridgehead atoms. The molecule has 36 heavy (non-hydrogen) atoms. The molecule has 1 atom stereocenters. The SMILES string of the molecule is C=CC1CCC(c2ccc(C(C)OC(F)(F)c3ccc(C4CCC(/C=C/C)CC4)cc3F)cc2)CC1. The van der Waals surface area contributed by atoms with Crippen molar-refractivity contribution in [1.82, 2.24) is 0 Å². The highest BCUT2D eigenvalue weighted by Gasteiger charge is 2.38. The van der Waals surface area contributed by atoms with E-state index in [1.165, 1.54) is 17.7 Å². The van der Waals surface area contributed by atoms with Gasteiger partial charge in [-0.1, -0.05) is 48.6 Å². The van der Waals surface area contributed by atoms with Crippen LogP contribution in [-0.2, 0) is 10.8 Å². The summed E-state index contributed by atoms with van der Waals surface area (Å²) in [6.45, 7) is 7.52. The summed E-state index contributed by atoms with van der Waals surface area (Å²) in [5.74, 6) is 0.984. The van der Waals surface area contributed by atoms with Crippen LogP contribution in [0.5, 0.6) is 0 Å². The zero-order chi connectivity index (χ0) is 25.7. The Bertz CT molecular complexity index is 1030. The van der Waals surface area contributed by atoms with Crippen LogP contribution in [0, 0.1) is 17.7 Å². The van der Waals surface area contributed by atoms with Crippen molar-refractivity contribution in [3.63, 3.8) is 0 Å². The Morgan fingerprint density at radius 3 is 1.97 bits per heavy atom. The van der Waals surface area contributed by atoms with Gasteiger partial charge in [0.15, 0.2) is 0 Å². The zero-order valence-corrected chi connectivity index (χ0v) is 21.6. The van der Waals surface area contributed by atoms with Gasteiger partial charge in [-0.15, -0.1) is 6.58 Å². The van der Waals surface area contributed by atoms with Crippen molar-refractivity contribution >= 4 is 0 Å². The molecule has 4 heteroatoms. The van der Waals surface area contributed by atoms with E-state index in [-0.39, 0.29) is 5.92 Å². The van der Waals surface area contributed by atoms with Gasteiger partial charge in [-0.2, -0.15) is 8.78 Å². The minimum absolute atomic E-state index is 0.217. The topological polar surface area (TPSA) is 9.23 Å². The standard InChI is InChI=1S/C32H39F3O/c1-4-6-24-9-13-28(14-10-24)29-19-20-30(31(33)21-29)32(34,35)36-22(3)25-15-17-27(18-16-25)26-11-7-23(5-2)8-12-26/h4-6,15-24,26,28H,2,7-14H2,1,3H3/b6-4+. The zero-order valence-electron chi connectivity index (χ0n) is 21.6. The quantitative estimate of drug-likeness (QED) is 0.330. The molecule has 1 unspecified atom stereocenters. The van der Waals surface area contributed by atoms with Gasteiger partial charge in [0.05, 0.1) is 11.7 Å². The molecule has 0 N–H and O–H groups in total. The molecule has 0 saturated heterocycles. The van der Waals surface area contributed by atoms with Gasteiger partial charge in [-0.05, 0) is 118 Å². The molecular formula is C32H39F3O. The lowest BCUT2D eigenvalue weighted by Crippen LogP contribution is -2.22. The van der Waals surface area contributed by atoms with Gasteiger partial charge in [0.2, 0.25) is 0 Å². The minimum atomic E-state index is -3.71. The van der Waals surface area contributed by atoms with E-state index in [9.17, 15) is 4.39 Å². The summed E-state index contributed by atoms with van der Waals surface area (Å²) in [5.41, 5.74) is 2.00. The summed E-state index contributed by atoms with van der Waals surface area (Å²) < 4.78 is 50.1. The maximum atomic E-state index is 15.0. The van der Waals surface area contributed by atoms with E-state index in [1.807, 2.05) is 37.3 Å².